The summed E-state index contributed by atoms with van der Waals surface area (Å²) in [4.78, 5) is 19.1. The lowest BCUT2D eigenvalue weighted by Gasteiger charge is -2.31. The minimum atomic E-state index is -2.85. The number of carbonyl (C=O) groups is 1. The number of ether oxygens (including phenoxy) is 1. The van der Waals surface area contributed by atoms with Crippen molar-refractivity contribution in [1.82, 2.24) is 10.2 Å². The number of hydrogen-bond acceptors (Lipinski definition) is 7. The number of piperidine rings is 1. The van der Waals surface area contributed by atoms with Crippen molar-refractivity contribution in [3.63, 3.8) is 0 Å². The molecule has 2 unspecified atom stereocenters. The van der Waals surface area contributed by atoms with Crippen LogP contribution in [0.15, 0.2) is 35.3 Å². The summed E-state index contributed by atoms with van der Waals surface area (Å²) in [5, 5.41) is 12.3. The second kappa shape index (κ2) is 10.6. The maximum Gasteiger partial charge on any atom is 0.387 e. The number of carbonyl (C=O) groups excluding carboxylic acids is 1. The number of ketones is 1. The van der Waals surface area contributed by atoms with Crippen LogP contribution < -0.4 is 15.8 Å². The van der Waals surface area contributed by atoms with Gasteiger partial charge in [-0.3, -0.25) is 4.79 Å². The Balaban J connectivity index is 0.000000204. The van der Waals surface area contributed by atoms with E-state index in [1.165, 1.54) is 18.2 Å². The van der Waals surface area contributed by atoms with E-state index in [4.69, 9.17) is 10.8 Å². The molecule has 10 heteroatoms. The Labute approximate surface area is 201 Å². The fourth-order valence-corrected chi connectivity index (χ4v) is 4.71. The number of nitrogens with two attached hydrogens (primary N) is 1. The van der Waals surface area contributed by atoms with Gasteiger partial charge in [0.15, 0.2) is 11.7 Å². The molecular weight excluding hydrogens is 461 g/mol. The number of aryl methyl sites for hydroxylation is 1. The molecule has 0 aromatic heterocycles. The van der Waals surface area contributed by atoms with Crippen molar-refractivity contribution < 1.29 is 27.8 Å². The fourth-order valence-electron chi connectivity index (χ4n) is 4.71. The van der Waals surface area contributed by atoms with Crippen LogP contribution in [0.25, 0.3) is 0 Å². The molecule has 0 saturated carbocycles. The van der Waals surface area contributed by atoms with E-state index < -0.39 is 12.4 Å². The Morgan fingerprint density at radius 2 is 2.03 bits per heavy atom. The number of halogens is 3. The number of Topliss-reactive ketones (excluding diaryl/α,β-unsaturated/α-hetero) is 1. The molecule has 0 bridgehead atoms. The summed E-state index contributed by atoms with van der Waals surface area (Å²) in [5.41, 5.74) is 8.28. The monoisotopic (exact) mass is 490 g/mol. The van der Waals surface area contributed by atoms with Gasteiger partial charge in [-0.2, -0.15) is 8.78 Å². The van der Waals surface area contributed by atoms with Crippen LogP contribution in [0.3, 0.4) is 0 Å². The van der Waals surface area contributed by atoms with E-state index in [1.54, 1.807) is 13.0 Å². The van der Waals surface area contributed by atoms with Crippen LogP contribution in [0.1, 0.15) is 59.6 Å². The highest BCUT2D eigenvalue weighted by Gasteiger charge is 2.34. The van der Waals surface area contributed by atoms with Crippen molar-refractivity contribution in [3.05, 3.63) is 52.8 Å². The molecule has 3 heterocycles. The molecule has 0 amide bonds. The van der Waals surface area contributed by atoms with Gasteiger partial charge in [0.25, 0.3) is 0 Å². The fraction of sp³-hybridized carbons (Fsp3) is 0.440. The highest BCUT2D eigenvalue weighted by molar-refractivity contribution is 6.01. The Bertz CT molecular complexity index is 1120. The molecule has 7 nitrogen and oxygen atoms in total. The van der Waals surface area contributed by atoms with Gasteiger partial charge in [-0.25, -0.2) is 9.38 Å². The Hall–Kier alpha value is -3.27. The molecule has 2 saturated heterocycles. The Kier molecular flexibility index (Phi) is 7.49. The van der Waals surface area contributed by atoms with Crippen molar-refractivity contribution in [2.75, 3.05) is 13.1 Å². The summed E-state index contributed by atoms with van der Waals surface area (Å²) in [5.74, 6) is -0.269. The zero-order chi connectivity index (χ0) is 25.1. The van der Waals surface area contributed by atoms with Gasteiger partial charge in [0.2, 0.25) is 0 Å². The second-order valence-corrected chi connectivity index (χ2v) is 8.91. The molecule has 4 N–H and O–H groups in total. The number of rotatable bonds is 4. The maximum atomic E-state index is 14.5. The molecule has 0 radical (unpaired) electrons. The van der Waals surface area contributed by atoms with Gasteiger partial charge in [0.05, 0.1) is 23.3 Å². The Morgan fingerprint density at radius 1 is 1.23 bits per heavy atom. The first kappa shape index (κ1) is 24.8. The number of benzene rings is 2. The molecule has 3 aliphatic rings. The van der Waals surface area contributed by atoms with E-state index in [9.17, 15) is 18.0 Å². The van der Waals surface area contributed by atoms with E-state index in [2.05, 4.69) is 15.0 Å². The molecule has 0 spiro atoms. The molecule has 0 aliphatic carbocycles. The van der Waals surface area contributed by atoms with E-state index >= 15 is 0 Å². The minimum Gasteiger partial charge on any atom is -0.508 e. The lowest BCUT2D eigenvalue weighted by Crippen LogP contribution is -2.41. The van der Waals surface area contributed by atoms with E-state index in [0.717, 1.165) is 56.8 Å². The van der Waals surface area contributed by atoms with Crippen LogP contribution in [0.2, 0.25) is 0 Å². The number of fused-ring (bicyclic) bond motifs is 3. The molecule has 2 fully saturated rings. The van der Waals surface area contributed by atoms with Gasteiger partial charge in [-0.1, -0.05) is 12.5 Å². The molecule has 2 atom stereocenters. The predicted octanol–water partition coefficient (Wildman–Crippen LogP) is 4.55. The molecule has 2 aromatic carbocycles. The third-order valence-electron chi connectivity index (χ3n) is 6.56. The molecular formula is C25H29F3N4O3. The summed E-state index contributed by atoms with van der Waals surface area (Å²) in [6.45, 7) is 0.499. The van der Waals surface area contributed by atoms with Crippen molar-refractivity contribution in [2.24, 2.45) is 10.7 Å². The third kappa shape index (κ3) is 5.53. The third-order valence-corrected chi connectivity index (χ3v) is 6.56. The standard InChI is InChI=1S/C17H21FN4O.C8H8F2O2/c18-12-9-14-11(15-5-3-7-22(15)17(19)21-14)8-10(12)16(23)13-4-1-2-6-20-13;1-5-2-3-6(4-7(5)11)12-8(9)10/h8-9,13,15,20H,1-7H2,(H2,19,21);2-4,8,11H,1H3. The van der Waals surface area contributed by atoms with Gasteiger partial charge in [0.1, 0.15) is 17.3 Å². The average Bonchev–Trinajstić information content (AvgIpc) is 3.32. The van der Waals surface area contributed by atoms with E-state index in [0.29, 0.717) is 17.2 Å². The van der Waals surface area contributed by atoms with Crippen molar-refractivity contribution in [1.29, 1.82) is 0 Å². The summed E-state index contributed by atoms with van der Waals surface area (Å²) in [6.07, 6.45) is 4.85. The first-order chi connectivity index (χ1) is 16.7. The van der Waals surface area contributed by atoms with Gasteiger partial charge >= 0.3 is 6.61 Å². The lowest BCUT2D eigenvalue weighted by molar-refractivity contribution is -0.0499. The quantitative estimate of drug-likeness (QED) is 0.544. The van der Waals surface area contributed by atoms with Crippen LogP contribution in [-0.2, 0) is 0 Å². The van der Waals surface area contributed by atoms with Crippen LogP contribution in [0.4, 0.5) is 18.9 Å². The van der Waals surface area contributed by atoms with Gasteiger partial charge in [-0.05, 0) is 56.8 Å². The predicted molar refractivity (Wildman–Crippen MR) is 126 cm³/mol. The Morgan fingerprint density at radius 3 is 2.71 bits per heavy atom. The average molecular weight is 491 g/mol. The van der Waals surface area contributed by atoms with Crippen LogP contribution in [-0.4, -0.2) is 47.5 Å². The van der Waals surface area contributed by atoms with Gasteiger partial charge in [-0.15, -0.1) is 0 Å². The molecule has 2 aromatic rings. The highest BCUT2D eigenvalue weighted by atomic mass is 19.3. The maximum absolute atomic E-state index is 14.5. The van der Waals surface area contributed by atoms with Crippen molar-refractivity contribution in [2.45, 2.75) is 57.7 Å². The lowest BCUT2D eigenvalue weighted by atomic mass is 9.92. The smallest absolute Gasteiger partial charge is 0.387 e. The van der Waals surface area contributed by atoms with Crippen molar-refractivity contribution >= 4 is 17.4 Å². The van der Waals surface area contributed by atoms with Crippen molar-refractivity contribution in [3.8, 4) is 11.5 Å². The number of nitrogens with zero attached hydrogens (tertiary/aromatic N) is 2. The summed E-state index contributed by atoms with van der Waals surface area (Å²) in [7, 11) is 0. The highest BCUT2D eigenvalue weighted by Crippen LogP contribution is 2.41. The van der Waals surface area contributed by atoms with Gasteiger partial charge < -0.3 is 25.8 Å². The minimum absolute atomic E-state index is 0.0342. The zero-order valence-electron chi connectivity index (χ0n) is 19.4. The van der Waals surface area contributed by atoms with E-state index in [-0.39, 0.29) is 34.9 Å². The number of guanidine groups is 1. The number of phenols is 1. The summed E-state index contributed by atoms with van der Waals surface area (Å²) in [6, 6.07) is 6.97. The molecule has 35 heavy (non-hydrogen) atoms. The van der Waals surface area contributed by atoms with Crippen LogP contribution in [0.5, 0.6) is 11.5 Å². The van der Waals surface area contributed by atoms with Gasteiger partial charge in [0, 0.05) is 24.2 Å². The molecule has 3 aliphatic heterocycles. The second-order valence-electron chi connectivity index (χ2n) is 8.91. The summed E-state index contributed by atoms with van der Waals surface area (Å²) >= 11 is 0. The zero-order valence-corrected chi connectivity index (χ0v) is 19.4. The number of aromatic hydroxyl groups is 1. The van der Waals surface area contributed by atoms with E-state index in [1.807, 2.05) is 4.90 Å². The number of aliphatic imine (C=N–C) groups is 1. The van der Waals surface area contributed by atoms with Crippen LogP contribution in [0, 0.1) is 12.7 Å². The largest absolute Gasteiger partial charge is 0.508 e. The topological polar surface area (TPSA) is 100 Å². The SMILES string of the molecule is Cc1ccc(OC(F)F)cc1O.NC1=Nc2cc(F)c(C(=O)C3CCCCN3)cc2C2CCCN12. The first-order valence-corrected chi connectivity index (χ1v) is 11.7. The summed E-state index contributed by atoms with van der Waals surface area (Å²) < 4.78 is 41.8. The number of alkyl halides is 2. The number of phenolic OH excluding ortho intramolecular Hbond substituents is 1. The number of hydrogen-bond donors (Lipinski definition) is 3. The normalized spacial score (nSPS) is 20.9. The molecule has 188 valence electrons. The first-order valence-electron chi connectivity index (χ1n) is 11.7. The number of nitrogens with one attached hydrogen (secondary N) is 1. The molecule has 5 rings (SSSR count). The van der Waals surface area contributed by atoms with Crippen LogP contribution >= 0.6 is 0 Å².